The van der Waals surface area contributed by atoms with E-state index in [0.29, 0.717) is 16.6 Å². The van der Waals surface area contributed by atoms with Gasteiger partial charge in [0.1, 0.15) is 5.82 Å². The summed E-state index contributed by atoms with van der Waals surface area (Å²) in [5.74, 6) is -3.87. The Bertz CT molecular complexity index is 692. The lowest BCUT2D eigenvalue weighted by atomic mass is 10.1. The van der Waals surface area contributed by atoms with Crippen molar-refractivity contribution in [2.24, 2.45) is 0 Å². The van der Waals surface area contributed by atoms with Gasteiger partial charge in [0.25, 0.3) is 5.91 Å². The number of benzene rings is 2. The molecule has 7 heteroatoms. The van der Waals surface area contributed by atoms with E-state index in [2.05, 4.69) is 21.2 Å². The second-order valence-electron chi connectivity index (χ2n) is 3.93. The highest BCUT2D eigenvalue weighted by atomic mass is 79.9. The Balaban J connectivity index is 2.33. The predicted molar refractivity (Wildman–Crippen MR) is 72.8 cm³/mol. The summed E-state index contributed by atoms with van der Waals surface area (Å²) in [4.78, 5) is 11.9. The highest BCUT2D eigenvalue weighted by Crippen LogP contribution is 2.22. The van der Waals surface area contributed by atoms with Gasteiger partial charge in [0.2, 0.25) is 0 Å². The number of rotatable bonds is 2. The van der Waals surface area contributed by atoms with Crippen LogP contribution in [0.25, 0.3) is 0 Å². The van der Waals surface area contributed by atoms with Gasteiger partial charge in [0.05, 0.1) is 11.3 Å². The van der Waals surface area contributed by atoms with Crippen molar-refractivity contribution in [3.63, 3.8) is 0 Å². The third-order valence-electron chi connectivity index (χ3n) is 2.51. The van der Waals surface area contributed by atoms with Crippen molar-refractivity contribution in [1.29, 1.82) is 0 Å². The molecule has 104 valence electrons. The van der Waals surface area contributed by atoms with Crippen LogP contribution in [-0.4, -0.2) is 5.91 Å². The Hall–Kier alpha value is -2.02. The van der Waals surface area contributed by atoms with Gasteiger partial charge in [-0.05, 0) is 24.3 Å². The van der Waals surface area contributed by atoms with Gasteiger partial charge in [-0.25, -0.2) is 13.2 Å². The number of amides is 1. The molecule has 0 atom stereocenters. The predicted octanol–water partition coefficient (Wildman–Crippen LogP) is 3.70. The maximum absolute atomic E-state index is 13.5. The topological polar surface area (TPSA) is 55.1 Å². The first-order valence-electron chi connectivity index (χ1n) is 5.39. The van der Waals surface area contributed by atoms with Crippen molar-refractivity contribution in [3.05, 3.63) is 57.8 Å². The second kappa shape index (κ2) is 5.54. The summed E-state index contributed by atoms with van der Waals surface area (Å²) in [5, 5.41) is 2.24. The number of hydrogen-bond acceptors (Lipinski definition) is 2. The van der Waals surface area contributed by atoms with Gasteiger partial charge in [0, 0.05) is 16.2 Å². The van der Waals surface area contributed by atoms with Crippen molar-refractivity contribution in [3.8, 4) is 0 Å². The van der Waals surface area contributed by atoms with Gasteiger partial charge in [-0.3, -0.25) is 4.79 Å². The first-order chi connectivity index (χ1) is 9.38. The molecule has 1 amide bonds. The number of hydrogen-bond donors (Lipinski definition) is 2. The van der Waals surface area contributed by atoms with Crippen molar-refractivity contribution in [1.82, 2.24) is 0 Å². The molecule has 0 saturated carbocycles. The standard InChI is InChI=1S/C13H8BrF3N2O/c14-6-1-2-8(15)12(3-6)19-13(20)7-4-9(16)10(17)5-11(7)18/h1-5H,18H2,(H,19,20). The number of carbonyl (C=O) groups is 1. The molecular weight excluding hydrogens is 337 g/mol. The molecule has 0 unspecified atom stereocenters. The van der Waals surface area contributed by atoms with E-state index in [-0.39, 0.29) is 16.9 Å². The maximum Gasteiger partial charge on any atom is 0.257 e. The quantitative estimate of drug-likeness (QED) is 0.816. The molecule has 0 aliphatic rings. The fourth-order valence-corrected chi connectivity index (χ4v) is 1.90. The van der Waals surface area contributed by atoms with Crippen molar-refractivity contribution in [2.75, 3.05) is 11.1 Å². The Morgan fingerprint density at radius 1 is 1.05 bits per heavy atom. The zero-order chi connectivity index (χ0) is 14.9. The minimum atomic E-state index is -1.21. The summed E-state index contributed by atoms with van der Waals surface area (Å²) >= 11 is 3.13. The van der Waals surface area contributed by atoms with Crippen molar-refractivity contribution < 1.29 is 18.0 Å². The highest BCUT2D eigenvalue weighted by Gasteiger charge is 2.16. The molecule has 0 aliphatic heterocycles. The van der Waals surface area contributed by atoms with Crippen LogP contribution in [0.15, 0.2) is 34.8 Å². The summed E-state index contributed by atoms with van der Waals surface area (Å²) in [7, 11) is 0. The molecule has 0 aliphatic carbocycles. The molecule has 2 aromatic rings. The molecular formula is C13H8BrF3N2O. The molecule has 0 bridgehead atoms. The molecule has 0 spiro atoms. The monoisotopic (exact) mass is 344 g/mol. The fraction of sp³-hybridized carbons (Fsp3) is 0. The van der Waals surface area contributed by atoms with Crippen LogP contribution in [0.5, 0.6) is 0 Å². The van der Waals surface area contributed by atoms with E-state index in [1.807, 2.05) is 0 Å². The molecule has 20 heavy (non-hydrogen) atoms. The third kappa shape index (κ3) is 2.93. The lowest BCUT2D eigenvalue weighted by Gasteiger charge is -2.09. The molecule has 3 N–H and O–H groups in total. The Kier molecular flexibility index (Phi) is 3.99. The Morgan fingerprint density at radius 3 is 2.40 bits per heavy atom. The van der Waals surface area contributed by atoms with Crippen LogP contribution in [0.3, 0.4) is 0 Å². The zero-order valence-corrected chi connectivity index (χ0v) is 11.5. The minimum Gasteiger partial charge on any atom is -0.398 e. The fourth-order valence-electron chi connectivity index (χ4n) is 1.54. The van der Waals surface area contributed by atoms with E-state index < -0.39 is 23.4 Å². The van der Waals surface area contributed by atoms with Gasteiger partial charge in [0.15, 0.2) is 11.6 Å². The molecule has 0 fully saturated rings. The van der Waals surface area contributed by atoms with Gasteiger partial charge in [-0.2, -0.15) is 0 Å². The number of nitrogens with one attached hydrogen (secondary N) is 1. The van der Waals surface area contributed by atoms with E-state index >= 15 is 0 Å². The number of nitrogens with two attached hydrogens (primary N) is 1. The SMILES string of the molecule is Nc1cc(F)c(F)cc1C(=O)Nc1cc(Br)ccc1F. The van der Waals surface area contributed by atoms with Crippen LogP contribution in [0, 0.1) is 17.5 Å². The minimum absolute atomic E-state index is 0.103. The number of nitrogen functional groups attached to an aromatic ring is 1. The molecule has 2 aromatic carbocycles. The number of halogens is 4. The summed E-state index contributed by atoms with van der Waals surface area (Å²) in [5.41, 5.74) is 4.83. The van der Waals surface area contributed by atoms with E-state index in [9.17, 15) is 18.0 Å². The first kappa shape index (κ1) is 14.4. The second-order valence-corrected chi connectivity index (χ2v) is 4.85. The first-order valence-corrected chi connectivity index (χ1v) is 6.18. The summed E-state index contributed by atoms with van der Waals surface area (Å²) in [6, 6.07) is 5.30. The molecule has 2 rings (SSSR count). The van der Waals surface area contributed by atoms with Crippen LogP contribution in [-0.2, 0) is 0 Å². The van der Waals surface area contributed by atoms with E-state index in [1.165, 1.54) is 12.1 Å². The largest absolute Gasteiger partial charge is 0.398 e. The maximum atomic E-state index is 13.5. The van der Waals surface area contributed by atoms with Crippen molar-refractivity contribution >= 4 is 33.2 Å². The van der Waals surface area contributed by atoms with E-state index in [0.717, 1.165) is 6.07 Å². The molecule has 0 aromatic heterocycles. The Morgan fingerprint density at radius 2 is 1.70 bits per heavy atom. The average molecular weight is 345 g/mol. The number of carbonyl (C=O) groups excluding carboxylic acids is 1. The molecule has 0 saturated heterocycles. The number of anilines is 2. The van der Waals surface area contributed by atoms with Crippen LogP contribution >= 0.6 is 15.9 Å². The lowest BCUT2D eigenvalue weighted by Crippen LogP contribution is -2.15. The van der Waals surface area contributed by atoms with E-state index in [1.54, 1.807) is 0 Å². The molecule has 0 radical (unpaired) electrons. The van der Waals surface area contributed by atoms with Crippen LogP contribution in [0.2, 0.25) is 0 Å². The van der Waals surface area contributed by atoms with Crippen LogP contribution < -0.4 is 11.1 Å². The molecule has 3 nitrogen and oxygen atoms in total. The molecule has 0 heterocycles. The Labute approximate surface area is 120 Å². The van der Waals surface area contributed by atoms with E-state index in [4.69, 9.17) is 5.73 Å². The zero-order valence-electron chi connectivity index (χ0n) is 9.88. The van der Waals surface area contributed by atoms with Crippen LogP contribution in [0.1, 0.15) is 10.4 Å². The van der Waals surface area contributed by atoms with Crippen molar-refractivity contribution in [2.45, 2.75) is 0 Å². The van der Waals surface area contributed by atoms with Gasteiger partial charge in [-0.1, -0.05) is 15.9 Å². The highest BCUT2D eigenvalue weighted by molar-refractivity contribution is 9.10. The summed E-state index contributed by atoms with van der Waals surface area (Å²) in [6.45, 7) is 0. The van der Waals surface area contributed by atoms with Gasteiger partial charge in [-0.15, -0.1) is 0 Å². The smallest absolute Gasteiger partial charge is 0.257 e. The van der Waals surface area contributed by atoms with Crippen LogP contribution in [0.4, 0.5) is 24.5 Å². The van der Waals surface area contributed by atoms with Gasteiger partial charge < -0.3 is 11.1 Å². The summed E-state index contributed by atoms with van der Waals surface area (Å²) in [6.07, 6.45) is 0. The summed E-state index contributed by atoms with van der Waals surface area (Å²) < 4.78 is 40.1. The lowest BCUT2D eigenvalue weighted by molar-refractivity contribution is 0.102. The average Bonchev–Trinajstić information content (AvgIpc) is 2.38. The van der Waals surface area contributed by atoms with Gasteiger partial charge >= 0.3 is 0 Å². The third-order valence-corrected chi connectivity index (χ3v) is 3.01. The normalized spacial score (nSPS) is 10.4.